The van der Waals surface area contributed by atoms with Gasteiger partial charge in [-0.3, -0.25) is 9.69 Å². The van der Waals surface area contributed by atoms with E-state index in [1.165, 1.54) is 11.1 Å². The number of carbonyl (C=O) groups is 1. The Hall–Kier alpha value is -2.17. The van der Waals surface area contributed by atoms with Gasteiger partial charge in [-0.15, -0.1) is 0 Å². The normalized spacial score (nSPS) is 26.7. The van der Waals surface area contributed by atoms with Crippen molar-refractivity contribution in [1.29, 1.82) is 0 Å². The Kier molecular flexibility index (Phi) is 4.55. The summed E-state index contributed by atoms with van der Waals surface area (Å²) in [7, 11) is 0. The first-order valence-corrected chi connectivity index (χ1v) is 9.01. The largest absolute Gasteiger partial charge is 0.362 e. The van der Waals surface area contributed by atoms with Crippen LogP contribution in [0.4, 0.5) is 0 Å². The molecule has 2 aliphatic rings. The van der Waals surface area contributed by atoms with Gasteiger partial charge in [0.25, 0.3) is 5.91 Å². The maximum Gasteiger partial charge on any atom is 0.254 e. The molecular weight excluding hydrogens is 312 g/mol. The molecule has 1 N–H and O–H groups in total. The maximum absolute atomic E-state index is 12.7. The SMILES string of the molecule is O=C1NC[C@@H](c2ccccc2)[C@@]12CN(CCc1ccccc1)CCO2. The van der Waals surface area contributed by atoms with Gasteiger partial charge in [-0.1, -0.05) is 60.7 Å². The van der Waals surface area contributed by atoms with Gasteiger partial charge in [-0.05, 0) is 17.5 Å². The zero-order valence-electron chi connectivity index (χ0n) is 14.4. The Balaban J connectivity index is 1.50. The molecule has 2 aromatic carbocycles. The number of nitrogens with one attached hydrogen (secondary N) is 1. The molecule has 4 rings (SSSR count). The van der Waals surface area contributed by atoms with E-state index in [1.807, 2.05) is 24.3 Å². The Morgan fingerprint density at radius 3 is 2.56 bits per heavy atom. The van der Waals surface area contributed by atoms with Crippen LogP contribution in [0.1, 0.15) is 17.0 Å². The minimum absolute atomic E-state index is 0.0331. The second kappa shape index (κ2) is 6.98. The number of carbonyl (C=O) groups excluding carboxylic acids is 1. The molecule has 2 saturated heterocycles. The monoisotopic (exact) mass is 336 g/mol. The molecule has 130 valence electrons. The van der Waals surface area contributed by atoms with Crippen LogP contribution in [0, 0.1) is 0 Å². The van der Waals surface area contributed by atoms with Crippen molar-refractivity contribution in [2.45, 2.75) is 17.9 Å². The fourth-order valence-corrected chi connectivity index (χ4v) is 4.02. The molecule has 2 aliphatic heterocycles. The van der Waals surface area contributed by atoms with Crippen molar-refractivity contribution in [1.82, 2.24) is 10.2 Å². The second-order valence-corrected chi connectivity index (χ2v) is 6.92. The van der Waals surface area contributed by atoms with Gasteiger partial charge in [-0.2, -0.15) is 0 Å². The van der Waals surface area contributed by atoms with Crippen LogP contribution in [0.3, 0.4) is 0 Å². The highest BCUT2D eigenvalue weighted by Gasteiger charge is 2.54. The van der Waals surface area contributed by atoms with Crippen LogP contribution in [0.2, 0.25) is 0 Å². The minimum atomic E-state index is -0.754. The number of rotatable bonds is 4. The van der Waals surface area contributed by atoms with E-state index in [0.29, 0.717) is 19.7 Å². The van der Waals surface area contributed by atoms with Crippen LogP contribution in [-0.4, -0.2) is 49.2 Å². The highest BCUT2D eigenvalue weighted by Crippen LogP contribution is 2.38. The summed E-state index contributed by atoms with van der Waals surface area (Å²) in [5.74, 6) is 0.103. The number of benzene rings is 2. The first-order valence-electron chi connectivity index (χ1n) is 9.01. The quantitative estimate of drug-likeness (QED) is 0.931. The van der Waals surface area contributed by atoms with Gasteiger partial charge in [0, 0.05) is 32.1 Å². The van der Waals surface area contributed by atoms with E-state index in [1.54, 1.807) is 0 Å². The van der Waals surface area contributed by atoms with Crippen LogP contribution in [0.15, 0.2) is 60.7 Å². The summed E-state index contributed by atoms with van der Waals surface area (Å²) in [6.45, 7) is 3.74. The number of amides is 1. The van der Waals surface area contributed by atoms with Crippen LogP contribution in [0.25, 0.3) is 0 Å². The molecule has 2 heterocycles. The summed E-state index contributed by atoms with van der Waals surface area (Å²) in [5, 5.41) is 3.03. The summed E-state index contributed by atoms with van der Waals surface area (Å²) in [4.78, 5) is 15.1. The molecular formula is C21H24N2O2. The van der Waals surface area contributed by atoms with E-state index in [9.17, 15) is 4.79 Å². The van der Waals surface area contributed by atoms with Crippen molar-refractivity contribution < 1.29 is 9.53 Å². The molecule has 4 heteroatoms. The Morgan fingerprint density at radius 1 is 1.08 bits per heavy atom. The van der Waals surface area contributed by atoms with Gasteiger partial charge in [0.05, 0.1) is 6.61 Å². The summed E-state index contributed by atoms with van der Waals surface area (Å²) in [6, 6.07) is 20.8. The average molecular weight is 336 g/mol. The van der Waals surface area contributed by atoms with Gasteiger partial charge in [0.2, 0.25) is 0 Å². The highest BCUT2D eigenvalue weighted by atomic mass is 16.5. The topological polar surface area (TPSA) is 41.6 Å². The molecule has 1 spiro atoms. The van der Waals surface area contributed by atoms with Crippen LogP contribution in [0.5, 0.6) is 0 Å². The fourth-order valence-electron chi connectivity index (χ4n) is 4.02. The van der Waals surface area contributed by atoms with Crippen LogP contribution < -0.4 is 5.32 Å². The molecule has 0 bridgehead atoms. The van der Waals surface area contributed by atoms with Gasteiger partial charge < -0.3 is 10.1 Å². The van der Waals surface area contributed by atoms with Gasteiger partial charge in [-0.25, -0.2) is 0 Å². The first-order chi connectivity index (χ1) is 12.3. The van der Waals surface area contributed by atoms with Crippen molar-refractivity contribution in [3.63, 3.8) is 0 Å². The predicted octanol–water partition coefficient (Wildman–Crippen LogP) is 2.21. The smallest absolute Gasteiger partial charge is 0.254 e. The zero-order valence-corrected chi connectivity index (χ0v) is 14.4. The Morgan fingerprint density at radius 2 is 1.80 bits per heavy atom. The lowest BCUT2D eigenvalue weighted by Gasteiger charge is -2.42. The number of hydrogen-bond donors (Lipinski definition) is 1. The molecule has 0 unspecified atom stereocenters. The molecule has 4 nitrogen and oxygen atoms in total. The lowest BCUT2D eigenvalue weighted by atomic mass is 9.83. The van der Waals surface area contributed by atoms with Crippen LogP contribution in [-0.2, 0) is 16.0 Å². The number of nitrogens with zero attached hydrogens (tertiary/aromatic N) is 1. The van der Waals surface area contributed by atoms with E-state index in [0.717, 1.165) is 19.5 Å². The molecule has 0 aliphatic carbocycles. The minimum Gasteiger partial charge on any atom is -0.362 e. The fraction of sp³-hybridized carbons (Fsp3) is 0.381. The summed E-state index contributed by atoms with van der Waals surface area (Å²) < 4.78 is 6.13. The van der Waals surface area contributed by atoms with E-state index in [4.69, 9.17) is 4.74 Å². The first kappa shape index (κ1) is 16.3. The average Bonchev–Trinajstić information content (AvgIpc) is 2.97. The number of ether oxygens (including phenoxy) is 1. The number of hydrogen-bond acceptors (Lipinski definition) is 3. The molecule has 1 amide bonds. The van der Waals surface area contributed by atoms with Crippen molar-refractivity contribution in [2.75, 3.05) is 32.8 Å². The third-order valence-corrected chi connectivity index (χ3v) is 5.40. The zero-order chi connectivity index (χ0) is 17.1. The summed E-state index contributed by atoms with van der Waals surface area (Å²) in [6.07, 6.45) is 0.995. The van der Waals surface area contributed by atoms with Crippen LogP contribution >= 0.6 is 0 Å². The molecule has 25 heavy (non-hydrogen) atoms. The molecule has 2 atom stereocenters. The second-order valence-electron chi connectivity index (χ2n) is 6.92. The molecule has 0 radical (unpaired) electrons. The maximum atomic E-state index is 12.7. The number of morpholine rings is 1. The van der Waals surface area contributed by atoms with Crippen molar-refractivity contribution in [3.05, 3.63) is 71.8 Å². The lowest BCUT2D eigenvalue weighted by molar-refractivity contribution is -0.156. The molecule has 2 fully saturated rings. The third kappa shape index (κ3) is 3.20. The Labute approximate surface area is 148 Å². The summed E-state index contributed by atoms with van der Waals surface area (Å²) in [5.41, 5.74) is 1.75. The standard InChI is InChI=1S/C21H24N2O2/c24-20-21(19(15-22-20)18-9-5-2-6-10-18)16-23(13-14-25-21)12-11-17-7-3-1-4-8-17/h1-10,19H,11-16H2,(H,22,24)/t19-,21-/m0/s1. The highest BCUT2D eigenvalue weighted by molar-refractivity contribution is 5.89. The predicted molar refractivity (Wildman–Crippen MR) is 97.5 cm³/mol. The molecule has 2 aromatic rings. The van der Waals surface area contributed by atoms with E-state index in [2.05, 4.69) is 46.6 Å². The van der Waals surface area contributed by atoms with E-state index < -0.39 is 5.60 Å². The van der Waals surface area contributed by atoms with E-state index in [-0.39, 0.29) is 11.8 Å². The third-order valence-electron chi connectivity index (χ3n) is 5.40. The van der Waals surface area contributed by atoms with Crippen molar-refractivity contribution in [2.24, 2.45) is 0 Å². The van der Waals surface area contributed by atoms with Gasteiger partial charge in [0.15, 0.2) is 5.60 Å². The molecule has 0 aromatic heterocycles. The van der Waals surface area contributed by atoms with Crippen molar-refractivity contribution >= 4 is 5.91 Å². The molecule has 0 saturated carbocycles. The van der Waals surface area contributed by atoms with E-state index >= 15 is 0 Å². The van der Waals surface area contributed by atoms with Crippen molar-refractivity contribution in [3.8, 4) is 0 Å². The lowest BCUT2D eigenvalue weighted by Crippen LogP contribution is -2.58. The van der Waals surface area contributed by atoms with Gasteiger partial charge in [0.1, 0.15) is 0 Å². The summed E-state index contributed by atoms with van der Waals surface area (Å²) >= 11 is 0. The Bertz CT molecular complexity index is 719. The van der Waals surface area contributed by atoms with Gasteiger partial charge >= 0.3 is 0 Å².